The summed E-state index contributed by atoms with van der Waals surface area (Å²) in [6, 6.07) is -0.544. The molecule has 0 aliphatic heterocycles. The highest BCUT2D eigenvalue weighted by Gasteiger charge is 2.20. The zero-order valence-corrected chi connectivity index (χ0v) is 48.9. The second-order valence-corrected chi connectivity index (χ2v) is 22.8. The van der Waals surface area contributed by atoms with E-state index in [1.54, 1.807) is 0 Å². The number of carbonyl (C=O) groups excluding carboxylic acids is 2. The zero-order chi connectivity index (χ0) is 52.2. The first-order valence-corrected chi connectivity index (χ1v) is 32.9. The summed E-state index contributed by atoms with van der Waals surface area (Å²) in [6.45, 7) is 4.98. The Hall–Kier alpha value is -1.40. The molecule has 1 amide bonds. The van der Waals surface area contributed by atoms with Gasteiger partial charge in [-0.2, -0.15) is 0 Å². The van der Waals surface area contributed by atoms with Gasteiger partial charge in [-0.1, -0.05) is 321 Å². The third-order valence-electron chi connectivity index (χ3n) is 15.6. The lowest BCUT2D eigenvalue weighted by molar-refractivity contribution is -0.143. The van der Waals surface area contributed by atoms with Crippen LogP contribution in [-0.4, -0.2) is 47.4 Å². The predicted octanol–water partition coefficient (Wildman–Crippen LogP) is 20.8. The van der Waals surface area contributed by atoms with Crippen molar-refractivity contribution in [2.24, 2.45) is 0 Å². The van der Waals surface area contributed by atoms with Crippen molar-refractivity contribution in [3.05, 3.63) is 12.2 Å². The van der Waals surface area contributed by atoms with Crippen LogP contribution in [0.4, 0.5) is 0 Å². The van der Waals surface area contributed by atoms with Crippen molar-refractivity contribution in [2.75, 3.05) is 13.2 Å². The minimum atomic E-state index is -0.667. The topological polar surface area (TPSA) is 95.9 Å². The number of hydrogen-bond donors (Lipinski definition) is 3. The third kappa shape index (κ3) is 57.9. The molecule has 428 valence electrons. The molecule has 0 saturated carbocycles. The van der Waals surface area contributed by atoms with E-state index in [-0.39, 0.29) is 18.5 Å². The van der Waals surface area contributed by atoms with Gasteiger partial charge in [0.1, 0.15) is 0 Å². The molecule has 72 heavy (non-hydrogen) atoms. The van der Waals surface area contributed by atoms with E-state index >= 15 is 0 Å². The lowest BCUT2D eigenvalue weighted by Crippen LogP contribution is -2.45. The molecule has 0 aliphatic rings. The maximum Gasteiger partial charge on any atom is 0.305 e. The van der Waals surface area contributed by atoms with Gasteiger partial charge in [-0.15, -0.1) is 0 Å². The van der Waals surface area contributed by atoms with Gasteiger partial charge in [0.05, 0.1) is 25.4 Å². The van der Waals surface area contributed by atoms with Gasteiger partial charge in [-0.05, 0) is 51.4 Å². The Labute approximate surface area is 450 Å². The van der Waals surface area contributed by atoms with Crippen LogP contribution < -0.4 is 5.32 Å². The number of carbonyl (C=O) groups is 2. The Bertz CT molecular complexity index is 1080. The van der Waals surface area contributed by atoms with E-state index in [0.717, 1.165) is 38.5 Å². The van der Waals surface area contributed by atoms with Crippen LogP contribution in [0.25, 0.3) is 0 Å². The highest BCUT2D eigenvalue weighted by atomic mass is 16.5. The SMILES string of the molecule is CCCCCCCCCCCCCCCCCCCCC(O)C(CO)NC(=O)CCCCCCCCCC/C=C\CCCCCCCCCCCCCCOC(=O)CCCCCCCCCCCCCCC. The quantitative estimate of drug-likeness (QED) is 0.0320. The lowest BCUT2D eigenvalue weighted by atomic mass is 10.0. The Morgan fingerprint density at radius 3 is 0.986 bits per heavy atom. The first-order chi connectivity index (χ1) is 35.5. The molecule has 2 atom stereocenters. The maximum atomic E-state index is 12.5. The summed E-state index contributed by atoms with van der Waals surface area (Å²) in [7, 11) is 0. The predicted molar refractivity (Wildman–Crippen MR) is 315 cm³/mol. The lowest BCUT2D eigenvalue weighted by Gasteiger charge is -2.22. The van der Waals surface area contributed by atoms with E-state index in [0.29, 0.717) is 25.9 Å². The minimum Gasteiger partial charge on any atom is -0.466 e. The molecule has 0 aromatic carbocycles. The molecule has 0 rings (SSSR count). The van der Waals surface area contributed by atoms with Crippen molar-refractivity contribution in [2.45, 2.75) is 386 Å². The number of aliphatic hydroxyl groups is 2. The van der Waals surface area contributed by atoms with E-state index in [1.807, 2.05) is 0 Å². The molecule has 2 unspecified atom stereocenters. The summed E-state index contributed by atoms with van der Waals surface area (Å²) in [5, 5.41) is 23.4. The second kappa shape index (κ2) is 62.1. The first-order valence-electron chi connectivity index (χ1n) is 32.9. The van der Waals surface area contributed by atoms with Gasteiger partial charge < -0.3 is 20.3 Å². The molecule has 0 fully saturated rings. The number of amides is 1. The average Bonchev–Trinajstić information content (AvgIpc) is 3.38. The summed E-state index contributed by atoms with van der Waals surface area (Å²) in [5.41, 5.74) is 0. The average molecular weight is 1020 g/mol. The number of aliphatic hydroxyl groups excluding tert-OH is 2. The molecule has 3 N–H and O–H groups in total. The van der Waals surface area contributed by atoms with Crippen LogP contribution in [-0.2, 0) is 14.3 Å². The summed E-state index contributed by atoms with van der Waals surface area (Å²) in [6.07, 6.45) is 75.2. The van der Waals surface area contributed by atoms with Crippen LogP contribution in [0.2, 0.25) is 0 Å². The monoisotopic (exact) mass is 1020 g/mol. The fourth-order valence-corrected chi connectivity index (χ4v) is 10.5. The molecule has 0 heterocycles. The molecule has 6 nitrogen and oxygen atoms in total. The van der Waals surface area contributed by atoms with E-state index in [4.69, 9.17) is 4.74 Å². The molecule has 0 radical (unpaired) electrons. The van der Waals surface area contributed by atoms with E-state index in [9.17, 15) is 19.8 Å². The molecule has 6 heteroatoms. The van der Waals surface area contributed by atoms with Crippen LogP contribution in [0.5, 0.6) is 0 Å². The van der Waals surface area contributed by atoms with Crippen molar-refractivity contribution in [3.63, 3.8) is 0 Å². The summed E-state index contributed by atoms with van der Waals surface area (Å²) < 4.78 is 5.48. The van der Waals surface area contributed by atoms with Gasteiger partial charge in [0.15, 0.2) is 0 Å². The van der Waals surface area contributed by atoms with Crippen molar-refractivity contribution < 1.29 is 24.5 Å². The van der Waals surface area contributed by atoms with Gasteiger partial charge in [0.25, 0.3) is 0 Å². The molecule has 0 aromatic heterocycles. The Morgan fingerprint density at radius 2 is 0.653 bits per heavy atom. The zero-order valence-electron chi connectivity index (χ0n) is 48.9. The maximum absolute atomic E-state index is 12.5. The molecular weight excluding hydrogens is 887 g/mol. The fourth-order valence-electron chi connectivity index (χ4n) is 10.5. The van der Waals surface area contributed by atoms with Crippen LogP contribution in [0.15, 0.2) is 12.2 Å². The molecule has 0 aliphatic carbocycles. The molecule has 0 saturated heterocycles. The van der Waals surface area contributed by atoms with Crippen molar-refractivity contribution >= 4 is 11.9 Å². The summed E-state index contributed by atoms with van der Waals surface area (Å²) in [4.78, 5) is 24.6. The smallest absolute Gasteiger partial charge is 0.305 e. The third-order valence-corrected chi connectivity index (χ3v) is 15.6. The Kier molecular flexibility index (Phi) is 60.9. The number of unbranched alkanes of at least 4 members (excludes halogenated alkanes) is 49. The first kappa shape index (κ1) is 70.6. The largest absolute Gasteiger partial charge is 0.466 e. The number of hydrogen-bond acceptors (Lipinski definition) is 5. The number of rotatable bonds is 62. The normalized spacial score (nSPS) is 12.6. The highest BCUT2D eigenvalue weighted by Crippen LogP contribution is 2.18. The summed E-state index contributed by atoms with van der Waals surface area (Å²) >= 11 is 0. The number of nitrogens with one attached hydrogen (secondary N) is 1. The van der Waals surface area contributed by atoms with Gasteiger partial charge in [-0.25, -0.2) is 0 Å². The highest BCUT2D eigenvalue weighted by molar-refractivity contribution is 5.76. The van der Waals surface area contributed by atoms with Crippen LogP contribution in [0.1, 0.15) is 373 Å². The summed E-state index contributed by atoms with van der Waals surface area (Å²) in [5.74, 6) is -0.0208. The Balaban J connectivity index is 3.39. The molecule has 0 spiro atoms. The van der Waals surface area contributed by atoms with Gasteiger partial charge in [-0.3, -0.25) is 9.59 Å². The van der Waals surface area contributed by atoms with Crippen molar-refractivity contribution in [1.82, 2.24) is 5.32 Å². The van der Waals surface area contributed by atoms with Gasteiger partial charge in [0.2, 0.25) is 5.91 Å². The second-order valence-electron chi connectivity index (χ2n) is 22.8. The van der Waals surface area contributed by atoms with Crippen molar-refractivity contribution in [1.29, 1.82) is 0 Å². The molecular formula is C66H129NO5. The Morgan fingerprint density at radius 1 is 0.375 bits per heavy atom. The van der Waals surface area contributed by atoms with Crippen LogP contribution in [0.3, 0.4) is 0 Å². The van der Waals surface area contributed by atoms with Crippen LogP contribution >= 0.6 is 0 Å². The number of ether oxygens (including phenoxy) is 1. The van der Waals surface area contributed by atoms with Crippen molar-refractivity contribution in [3.8, 4) is 0 Å². The van der Waals surface area contributed by atoms with E-state index in [2.05, 4.69) is 31.3 Å². The fraction of sp³-hybridized carbons (Fsp3) is 0.939. The minimum absolute atomic E-state index is 0.0149. The van der Waals surface area contributed by atoms with E-state index in [1.165, 1.54) is 302 Å². The van der Waals surface area contributed by atoms with Crippen LogP contribution in [0, 0.1) is 0 Å². The standard InChI is InChI=1S/C66H129NO5/c1-3-5-7-9-11-13-15-17-18-19-28-31-35-38-42-46-50-54-58-64(69)63(62-68)67-65(70)59-55-51-47-43-39-36-32-29-26-24-22-20-21-23-25-27-30-33-37-41-45-49-53-57-61-72-66(71)60-56-52-48-44-40-34-16-14-12-10-8-6-4-2/h22,24,63-64,68-69H,3-21,23,25-62H2,1-2H3,(H,67,70)/b24-22-. The number of allylic oxidation sites excluding steroid dienone is 2. The number of esters is 1. The molecule has 0 bridgehead atoms. The van der Waals surface area contributed by atoms with Gasteiger partial charge >= 0.3 is 5.97 Å². The van der Waals surface area contributed by atoms with Gasteiger partial charge in [0, 0.05) is 12.8 Å². The van der Waals surface area contributed by atoms with E-state index < -0.39 is 12.1 Å². The molecule has 0 aromatic rings.